The smallest absolute Gasteiger partial charge is 0.273 e. The fourth-order valence-corrected chi connectivity index (χ4v) is 2.18. The highest BCUT2D eigenvalue weighted by Crippen LogP contribution is 2.21. The molecule has 1 aromatic carbocycles. The van der Waals surface area contributed by atoms with Crippen LogP contribution in [0.4, 0.5) is 0 Å². The number of benzene rings is 1. The summed E-state index contributed by atoms with van der Waals surface area (Å²) >= 11 is 0. The van der Waals surface area contributed by atoms with E-state index < -0.39 is 0 Å². The van der Waals surface area contributed by atoms with Crippen LogP contribution < -0.4 is 5.32 Å². The van der Waals surface area contributed by atoms with Crippen molar-refractivity contribution in [1.82, 2.24) is 10.5 Å². The van der Waals surface area contributed by atoms with Gasteiger partial charge in [0.15, 0.2) is 5.69 Å². The van der Waals surface area contributed by atoms with E-state index in [9.17, 15) is 4.79 Å². The lowest BCUT2D eigenvalue weighted by atomic mass is 9.96. The molecular weight excluding hydrogens is 264 g/mol. The molecule has 0 spiro atoms. The summed E-state index contributed by atoms with van der Waals surface area (Å²) in [5, 5.41) is 6.65. The Balaban J connectivity index is 2.03. The average molecular weight is 286 g/mol. The highest BCUT2D eigenvalue weighted by Gasteiger charge is 2.15. The van der Waals surface area contributed by atoms with Crippen LogP contribution >= 0.6 is 0 Å². The van der Waals surface area contributed by atoms with Crippen LogP contribution in [-0.2, 0) is 0 Å². The third-order valence-corrected chi connectivity index (χ3v) is 3.83. The Bertz CT molecular complexity index is 602. The van der Waals surface area contributed by atoms with E-state index in [2.05, 4.69) is 48.6 Å². The second-order valence-corrected chi connectivity index (χ2v) is 5.49. The summed E-state index contributed by atoms with van der Waals surface area (Å²) < 4.78 is 4.92. The summed E-state index contributed by atoms with van der Waals surface area (Å²) in [5.74, 6) is 0.970. The maximum absolute atomic E-state index is 12.0. The topological polar surface area (TPSA) is 55.1 Å². The van der Waals surface area contributed by atoms with E-state index in [0.29, 0.717) is 17.4 Å². The van der Waals surface area contributed by atoms with Crippen LogP contribution in [0.25, 0.3) is 0 Å². The zero-order valence-electron chi connectivity index (χ0n) is 13.0. The summed E-state index contributed by atoms with van der Waals surface area (Å²) in [6, 6.07) is 9.97. The lowest BCUT2D eigenvalue weighted by molar-refractivity contribution is 0.0930. The molecule has 112 valence electrons. The Morgan fingerprint density at radius 3 is 2.38 bits per heavy atom. The molecule has 2 aromatic rings. The maximum atomic E-state index is 12.0. The number of carbonyl (C=O) groups excluding carboxylic acids is 1. The van der Waals surface area contributed by atoms with E-state index in [1.807, 2.05) is 6.92 Å². The molecule has 1 N–H and O–H groups in total. The van der Waals surface area contributed by atoms with E-state index in [1.165, 1.54) is 5.56 Å². The van der Waals surface area contributed by atoms with E-state index in [1.54, 1.807) is 13.0 Å². The molecule has 21 heavy (non-hydrogen) atoms. The standard InChI is InChI=1S/C17H22N2O2/c1-5-11(2)14-6-8-15(9-7-14)13(4)18-17(20)16-10-12(3)21-19-16/h6-11,13H,5H2,1-4H3,(H,18,20)/t11-,13+/m1/s1. The van der Waals surface area contributed by atoms with Gasteiger partial charge in [0.2, 0.25) is 0 Å². The molecule has 0 unspecified atom stereocenters. The largest absolute Gasteiger partial charge is 0.361 e. The Labute approximate surface area is 125 Å². The van der Waals surface area contributed by atoms with Crippen molar-refractivity contribution in [2.24, 2.45) is 0 Å². The average Bonchev–Trinajstić information content (AvgIpc) is 2.93. The third-order valence-electron chi connectivity index (χ3n) is 3.83. The molecule has 1 aromatic heterocycles. The lowest BCUT2D eigenvalue weighted by Gasteiger charge is -2.15. The van der Waals surface area contributed by atoms with Crippen molar-refractivity contribution in [3.8, 4) is 0 Å². The molecule has 4 nitrogen and oxygen atoms in total. The first kappa shape index (κ1) is 15.3. The van der Waals surface area contributed by atoms with Crippen molar-refractivity contribution in [3.05, 3.63) is 52.9 Å². The van der Waals surface area contributed by atoms with Crippen molar-refractivity contribution >= 4 is 5.91 Å². The molecule has 0 bridgehead atoms. The number of hydrogen-bond acceptors (Lipinski definition) is 3. The number of aromatic nitrogens is 1. The van der Waals surface area contributed by atoms with Crippen LogP contribution in [0.5, 0.6) is 0 Å². The molecule has 0 aliphatic rings. The van der Waals surface area contributed by atoms with Gasteiger partial charge in [0.1, 0.15) is 5.76 Å². The molecule has 0 aliphatic carbocycles. The number of carbonyl (C=O) groups is 1. The molecule has 1 heterocycles. The molecule has 2 atom stereocenters. The highest BCUT2D eigenvalue weighted by molar-refractivity contribution is 5.92. The van der Waals surface area contributed by atoms with Gasteiger partial charge in [0, 0.05) is 6.07 Å². The molecule has 0 saturated carbocycles. The fraction of sp³-hybridized carbons (Fsp3) is 0.412. The quantitative estimate of drug-likeness (QED) is 0.904. The van der Waals surface area contributed by atoms with Crippen LogP contribution in [0, 0.1) is 6.92 Å². The van der Waals surface area contributed by atoms with Crippen molar-refractivity contribution in [2.75, 3.05) is 0 Å². The third kappa shape index (κ3) is 3.72. The Hall–Kier alpha value is -2.10. The van der Waals surface area contributed by atoms with Crippen molar-refractivity contribution < 1.29 is 9.32 Å². The van der Waals surface area contributed by atoms with Gasteiger partial charge >= 0.3 is 0 Å². The van der Waals surface area contributed by atoms with Crippen molar-refractivity contribution in [1.29, 1.82) is 0 Å². The first-order chi connectivity index (χ1) is 10.0. The van der Waals surface area contributed by atoms with Crippen LogP contribution in [0.3, 0.4) is 0 Å². The SMILES string of the molecule is CC[C@@H](C)c1ccc([C@H](C)NC(=O)c2cc(C)on2)cc1. The molecule has 1 amide bonds. The number of aryl methyl sites for hydroxylation is 1. The van der Waals surface area contributed by atoms with Gasteiger partial charge in [-0.3, -0.25) is 4.79 Å². The van der Waals surface area contributed by atoms with Gasteiger partial charge in [-0.05, 0) is 37.3 Å². The van der Waals surface area contributed by atoms with Gasteiger partial charge in [-0.25, -0.2) is 0 Å². The molecule has 2 rings (SSSR count). The lowest BCUT2D eigenvalue weighted by Crippen LogP contribution is -2.26. The number of nitrogens with zero attached hydrogens (tertiary/aromatic N) is 1. The normalized spacial score (nSPS) is 13.7. The minimum absolute atomic E-state index is 0.0690. The van der Waals surface area contributed by atoms with Crippen molar-refractivity contribution in [3.63, 3.8) is 0 Å². The van der Waals surface area contributed by atoms with Gasteiger partial charge < -0.3 is 9.84 Å². The van der Waals surface area contributed by atoms with Gasteiger partial charge in [-0.1, -0.05) is 43.3 Å². The summed E-state index contributed by atoms with van der Waals surface area (Å²) in [6.07, 6.45) is 1.12. The van der Waals surface area contributed by atoms with Crippen LogP contribution in [0.2, 0.25) is 0 Å². The summed E-state index contributed by atoms with van der Waals surface area (Å²) in [5.41, 5.74) is 2.72. The van der Waals surface area contributed by atoms with E-state index in [0.717, 1.165) is 12.0 Å². The van der Waals surface area contributed by atoms with E-state index in [4.69, 9.17) is 4.52 Å². The van der Waals surface area contributed by atoms with Gasteiger partial charge in [0.05, 0.1) is 6.04 Å². The van der Waals surface area contributed by atoms with Crippen LogP contribution in [0.15, 0.2) is 34.9 Å². The second-order valence-electron chi connectivity index (χ2n) is 5.49. The predicted octanol–water partition coefficient (Wildman–Crippen LogP) is 3.99. The highest BCUT2D eigenvalue weighted by atomic mass is 16.5. The second kappa shape index (κ2) is 6.57. The predicted molar refractivity (Wildman–Crippen MR) is 82.3 cm³/mol. The number of nitrogens with one attached hydrogen (secondary N) is 1. The molecule has 0 aliphatic heterocycles. The minimum atomic E-state index is -0.217. The molecule has 0 fully saturated rings. The Kier molecular flexibility index (Phi) is 4.78. The number of hydrogen-bond donors (Lipinski definition) is 1. The Morgan fingerprint density at radius 1 is 1.24 bits per heavy atom. The molecule has 0 radical (unpaired) electrons. The molecule has 0 saturated heterocycles. The first-order valence-electron chi connectivity index (χ1n) is 7.35. The summed E-state index contributed by atoms with van der Waals surface area (Å²) in [4.78, 5) is 12.0. The Morgan fingerprint density at radius 2 is 1.86 bits per heavy atom. The summed E-state index contributed by atoms with van der Waals surface area (Å²) in [6.45, 7) is 8.12. The zero-order chi connectivity index (χ0) is 15.4. The van der Waals surface area contributed by atoms with Gasteiger partial charge in [-0.2, -0.15) is 0 Å². The maximum Gasteiger partial charge on any atom is 0.273 e. The van der Waals surface area contributed by atoms with Crippen molar-refractivity contribution in [2.45, 2.75) is 46.1 Å². The van der Waals surface area contributed by atoms with E-state index in [-0.39, 0.29) is 11.9 Å². The van der Waals surface area contributed by atoms with Gasteiger partial charge in [0.25, 0.3) is 5.91 Å². The number of rotatable bonds is 5. The summed E-state index contributed by atoms with van der Waals surface area (Å²) in [7, 11) is 0. The minimum Gasteiger partial charge on any atom is -0.361 e. The van der Waals surface area contributed by atoms with Crippen LogP contribution in [-0.4, -0.2) is 11.1 Å². The first-order valence-corrected chi connectivity index (χ1v) is 7.35. The zero-order valence-corrected chi connectivity index (χ0v) is 13.0. The number of amides is 1. The van der Waals surface area contributed by atoms with Gasteiger partial charge in [-0.15, -0.1) is 0 Å². The monoisotopic (exact) mass is 286 g/mol. The fourth-order valence-electron chi connectivity index (χ4n) is 2.18. The van der Waals surface area contributed by atoms with Crippen LogP contribution in [0.1, 0.15) is 66.5 Å². The molecular formula is C17H22N2O2. The van der Waals surface area contributed by atoms with E-state index >= 15 is 0 Å². The molecule has 4 heteroatoms.